The number of benzene rings is 1. The molecule has 1 aliphatic rings. The van der Waals surface area contributed by atoms with Gasteiger partial charge in [0.1, 0.15) is 0 Å². The number of carbonyl (C=O) groups is 1. The third-order valence-corrected chi connectivity index (χ3v) is 2.25. The zero-order chi connectivity index (χ0) is 9.97. The number of rotatable bonds is 2. The maximum Gasteiger partial charge on any atom is 0.251 e. The van der Waals surface area contributed by atoms with E-state index in [0.29, 0.717) is 6.54 Å². The lowest BCUT2D eigenvalue weighted by Crippen LogP contribution is -2.24. The SMILES string of the molecule is C=Cc1ccc(N2CC=CC2=O)cc1. The number of amides is 1. The van der Waals surface area contributed by atoms with Crippen LogP contribution in [0.1, 0.15) is 5.56 Å². The molecule has 0 N–H and O–H groups in total. The summed E-state index contributed by atoms with van der Waals surface area (Å²) in [5.74, 6) is 0.0522. The van der Waals surface area contributed by atoms with Crippen molar-refractivity contribution in [1.29, 1.82) is 0 Å². The molecule has 2 heteroatoms. The summed E-state index contributed by atoms with van der Waals surface area (Å²) in [4.78, 5) is 13.1. The van der Waals surface area contributed by atoms with Crippen LogP contribution in [0.2, 0.25) is 0 Å². The van der Waals surface area contributed by atoms with Crippen molar-refractivity contribution in [3.05, 3.63) is 48.6 Å². The van der Waals surface area contributed by atoms with Gasteiger partial charge in [0, 0.05) is 18.3 Å². The van der Waals surface area contributed by atoms with Crippen LogP contribution in [0.3, 0.4) is 0 Å². The lowest BCUT2D eigenvalue weighted by molar-refractivity contribution is -0.113. The van der Waals surface area contributed by atoms with Crippen LogP contribution in [-0.4, -0.2) is 12.5 Å². The van der Waals surface area contributed by atoms with E-state index in [1.807, 2.05) is 30.3 Å². The van der Waals surface area contributed by atoms with Crippen LogP contribution in [-0.2, 0) is 4.79 Å². The molecule has 0 radical (unpaired) electrons. The van der Waals surface area contributed by atoms with Crippen molar-refractivity contribution in [2.24, 2.45) is 0 Å². The number of anilines is 1. The Morgan fingerprint density at radius 2 is 2.00 bits per heavy atom. The van der Waals surface area contributed by atoms with E-state index in [2.05, 4.69) is 6.58 Å². The lowest BCUT2D eigenvalue weighted by atomic mass is 10.2. The Labute approximate surface area is 83.2 Å². The van der Waals surface area contributed by atoms with Gasteiger partial charge in [-0.3, -0.25) is 4.79 Å². The first-order valence-electron chi connectivity index (χ1n) is 4.52. The van der Waals surface area contributed by atoms with Crippen molar-refractivity contribution in [3.8, 4) is 0 Å². The number of hydrogen-bond donors (Lipinski definition) is 0. The summed E-state index contributed by atoms with van der Waals surface area (Å²) >= 11 is 0. The first-order valence-corrected chi connectivity index (χ1v) is 4.52. The normalized spacial score (nSPS) is 14.9. The molecule has 2 rings (SSSR count). The van der Waals surface area contributed by atoms with E-state index in [1.54, 1.807) is 17.1 Å². The second-order valence-electron chi connectivity index (χ2n) is 3.15. The van der Waals surface area contributed by atoms with E-state index in [-0.39, 0.29) is 5.91 Å². The Kier molecular flexibility index (Phi) is 2.19. The summed E-state index contributed by atoms with van der Waals surface area (Å²) in [6, 6.07) is 7.77. The van der Waals surface area contributed by atoms with E-state index in [1.165, 1.54) is 0 Å². The standard InChI is InChI=1S/C12H11NO/c1-2-10-5-7-11(8-6-10)13-9-3-4-12(13)14/h2-8H,1,9H2. The quantitative estimate of drug-likeness (QED) is 0.692. The largest absolute Gasteiger partial charge is 0.305 e. The number of carbonyl (C=O) groups excluding carboxylic acids is 1. The third kappa shape index (κ3) is 1.46. The van der Waals surface area contributed by atoms with Crippen LogP contribution < -0.4 is 4.90 Å². The zero-order valence-electron chi connectivity index (χ0n) is 7.81. The smallest absolute Gasteiger partial charge is 0.251 e. The molecule has 1 heterocycles. The summed E-state index contributed by atoms with van der Waals surface area (Å²) in [7, 11) is 0. The minimum Gasteiger partial charge on any atom is -0.305 e. The minimum absolute atomic E-state index is 0.0522. The topological polar surface area (TPSA) is 20.3 Å². The predicted octanol–water partition coefficient (Wildman–Crippen LogP) is 2.23. The van der Waals surface area contributed by atoms with Crippen LogP contribution in [0.15, 0.2) is 43.0 Å². The molecule has 2 nitrogen and oxygen atoms in total. The van der Waals surface area contributed by atoms with E-state index < -0.39 is 0 Å². The highest BCUT2D eigenvalue weighted by atomic mass is 16.2. The monoisotopic (exact) mass is 185 g/mol. The Balaban J connectivity index is 2.25. The molecule has 0 saturated carbocycles. The first-order chi connectivity index (χ1) is 6.81. The highest BCUT2D eigenvalue weighted by Gasteiger charge is 2.15. The zero-order valence-corrected chi connectivity index (χ0v) is 7.81. The summed E-state index contributed by atoms with van der Waals surface area (Å²) in [5.41, 5.74) is 2.00. The molecule has 0 unspecified atom stereocenters. The molecule has 0 aromatic heterocycles. The van der Waals surface area contributed by atoms with Crippen molar-refractivity contribution in [3.63, 3.8) is 0 Å². The van der Waals surface area contributed by atoms with Crippen molar-refractivity contribution in [2.75, 3.05) is 11.4 Å². The van der Waals surface area contributed by atoms with E-state index in [4.69, 9.17) is 0 Å². The first kappa shape index (κ1) is 8.75. The highest BCUT2D eigenvalue weighted by Crippen LogP contribution is 2.18. The molecular formula is C12H11NO. The fourth-order valence-electron chi connectivity index (χ4n) is 1.46. The molecule has 0 aliphatic carbocycles. The summed E-state index contributed by atoms with van der Waals surface area (Å²) in [6.07, 6.45) is 5.25. The fourth-order valence-corrected chi connectivity index (χ4v) is 1.46. The van der Waals surface area contributed by atoms with Gasteiger partial charge >= 0.3 is 0 Å². The molecule has 0 atom stereocenters. The van der Waals surface area contributed by atoms with Gasteiger partial charge in [-0.15, -0.1) is 0 Å². The average Bonchev–Trinajstić information content (AvgIpc) is 2.65. The molecule has 14 heavy (non-hydrogen) atoms. The second kappa shape index (κ2) is 3.50. The van der Waals surface area contributed by atoms with E-state index in [0.717, 1.165) is 11.3 Å². The Morgan fingerprint density at radius 3 is 2.50 bits per heavy atom. The summed E-state index contributed by atoms with van der Waals surface area (Å²) in [5, 5.41) is 0. The highest BCUT2D eigenvalue weighted by molar-refractivity contribution is 6.04. The Hall–Kier alpha value is -1.83. The predicted molar refractivity (Wildman–Crippen MR) is 58.0 cm³/mol. The minimum atomic E-state index is 0.0522. The van der Waals surface area contributed by atoms with E-state index >= 15 is 0 Å². The number of hydrogen-bond acceptors (Lipinski definition) is 1. The van der Waals surface area contributed by atoms with Gasteiger partial charge in [0.15, 0.2) is 0 Å². The maximum absolute atomic E-state index is 11.3. The molecule has 1 amide bonds. The van der Waals surface area contributed by atoms with Crippen molar-refractivity contribution in [1.82, 2.24) is 0 Å². The Bertz CT molecular complexity index is 389. The fraction of sp³-hybridized carbons (Fsp3) is 0.0833. The van der Waals surface area contributed by atoms with Crippen molar-refractivity contribution < 1.29 is 4.79 Å². The van der Waals surface area contributed by atoms with Crippen LogP contribution in [0.5, 0.6) is 0 Å². The van der Waals surface area contributed by atoms with Crippen molar-refractivity contribution in [2.45, 2.75) is 0 Å². The van der Waals surface area contributed by atoms with Gasteiger partial charge in [0.2, 0.25) is 0 Å². The van der Waals surface area contributed by atoms with Gasteiger partial charge < -0.3 is 4.90 Å². The molecule has 70 valence electrons. The molecule has 0 spiro atoms. The van der Waals surface area contributed by atoms with Crippen LogP contribution in [0, 0.1) is 0 Å². The van der Waals surface area contributed by atoms with Gasteiger partial charge in [-0.1, -0.05) is 30.9 Å². The molecule has 0 saturated heterocycles. The summed E-state index contributed by atoms with van der Waals surface area (Å²) in [6.45, 7) is 4.35. The Morgan fingerprint density at radius 1 is 1.29 bits per heavy atom. The second-order valence-corrected chi connectivity index (χ2v) is 3.15. The van der Waals surface area contributed by atoms with E-state index in [9.17, 15) is 4.79 Å². The number of nitrogens with zero attached hydrogens (tertiary/aromatic N) is 1. The maximum atomic E-state index is 11.3. The molecule has 0 bridgehead atoms. The van der Waals surface area contributed by atoms with Crippen molar-refractivity contribution >= 4 is 17.7 Å². The molecule has 1 aromatic rings. The van der Waals surface area contributed by atoms with Gasteiger partial charge in [-0.25, -0.2) is 0 Å². The van der Waals surface area contributed by atoms with Gasteiger partial charge in [-0.05, 0) is 17.7 Å². The van der Waals surface area contributed by atoms with Crippen LogP contribution in [0.4, 0.5) is 5.69 Å². The molecule has 0 fully saturated rings. The van der Waals surface area contributed by atoms with Crippen LogP contribution in [0.25, 0.3) is 6.08 Å². The summed E-state index contributed by atoms with van der Waals surface area (Å²) < 4.78 is 0. The molecular weight excluding hydrogens is 174 g/mol. The average molecular weight is 185 g/mol. The van der Waals surface area contributed by atoms with Crippen LogP contribution >= 0.6 is 0 Å². The third-order valence-electron chi connectivity index (χ3n) is 2.25. The molecule has 1 aliphatic heterocycles. The van der Waals surface area contributed by atoms with Gasteiger partial charge in [0.05, 0.1) is 0 Å². The molecule has 1 aromatic carbocycles. The van der Waals surface area contributed by atoms with Gasteiger partial charge in [-0.2, -0.15) is 0 Å². The van der Waals surface area contributed by atoms with Gasteiger partial charge in [0.25, 0.3) is 5.91 Å². The lowest BCUT2D eigenvalue weighted by Gasteiger charge is -2.15.